The summed E-state index contributed by atoms with van der Waals surface area (Å²) in [5.74, 6) is -0.920. The lowest BCUT2D eigenvalue weighted by Crippen LogP contribution is -2.11. The average molecular weight is 318 g/mol. The smallest absolute Gasteiger partial charge is 0.312 e. The van der Waals surface area contributed by atoms with Crippen molar-refractivity contribution in [1.29, 1.82) is 0 Å². The lowest BCUT2D eigenvalue weighted by molar-refractivity contribution is -0.137. The second kappa shape index (κ2) is 5.73. The number of nitrogens with one attached hydrogen (secondary N) is 1. The molecular formula is C14H14F4N2S. The Hall–Kier alpha value is -1.47. The Bertz CT molecular complexity index is 649. The first-order chi connectivity index (χ1) is 9.72. The molecule has 0 saturated carbocycles. The van der Waals surface area contributed by atoms with Crippen LogP contribution < -0.4 is 5.32 Å². The SMILES string of the molecule is CNC(C)c1sc(-c2cc(F)cc(C(F)(F)F)c2)nc1C. The maximum absolute atomic E-state index is 13.4. The number of aromatic nitrogens is 1. The molecule has 1 unspecified atom stereocenters. The van der Waals surface area contributed by atoms with E-state index in [2.05, 4.69) is 10.3 Å². The van der Waals surface area contributed by atoms with Crippen LogP contribution in [0, 0.1) is 12.7 Å². The van der Waals surface area contributed by atoms with E-state index in [4.69, 9.17) is 0 Å². The molecule has 0 bridgehead atoms. The molecule has 0 spiro atoms. The molecule has 1 N–H and O–H groups in total. The zero-order valence-electron chi connectivity index (χ0n) is 11.7. The molecule has 1 atom stereocenters. The van der Waals surface area contributed by atoms with Gasteiger partial charge in [0, 0.05) is 16.5 Å². The third-order valence-corrected chi connectivity index (χ3v) is 4.52. The monoisotopic (exact) mass is 318 g/mol. The zero-order valence-corrected chi connectivity index (χ0v) is 12.5. The molecule has 0 saturated heterocycles. The van der Waals surface area contributed by atoms with Gasteiger partial charge in [-0.15, -0.1) is 11.3 Å². The van der Waals surface area contributed by atoms with Crippen molar-refractivity contribution in [2.75, 3.05) is 7.05 Å². The van der Waals surface area contributed by atoms with Crippen LogP contribution in [-0.4, -0.2) is 12.0 Å². The molecule has 2 aromatic rings. The van der Waals surface area contributed by atoms with Crippen molar-refractivity contribution in [1.82, 2.24) is 10.3 Å². The van der Waals surface area contributed by atoms with Crippen LogP contribution in [0.3, 0.4) is 0 Å². The summed E-state index contributed by atoms with van der Waals surface area (Å²) in [5, 5.41) is 3.43. The van der Waals surface area contributed by atoms with E-state index >= 15 is 0 Å². The Morgan fingerprint density at radius 2 is 1.90 bits per heavy atom. The lowest BCUT2D eigenvalue weighted by Gasteiger charge is -2.08. The Labute approximate surface area is 123 Å². The highest BCUT2D eigenvalue weighted by Crippen LogP contribution is 2.36. The topological polar surface area (TPSA) is 24.9 Å². The summed E-state index contributed by atoms with van der Waals surface area (Å²) < 4.78 is 51.7. The van der Waals surface area contributed by atoms with Crippen molar-refractivity contribution in [2.45, 2.75) is 26.1 Å². The van der Waals surface area contributed by atoms with Crippen molar-refractivity contribution in [3.63, 3.8) is 0 Å². The number of halogens is 4. The number of benzene rings is 1. The fourth-order valence-electron chi connectivity index (χ4n) is 1.94. The van der Waals surface area contributed by atoms with Gasteiger partial charge in [0.2, 0.25) is 0 Å². The van der Waals surface area contributed by atoms with E-state index in [1.807, 2.05) is 6.92 Å². The fraction of sp³-hybridized carbons (Fsp3) is 0.357. The van der Waals surface area contributed by atoms with Crippen molar-refractivity contribution in [2.24, 2.45) is 0 Å². The highest BCUT2D eigenvalue weighted by molar-refractivity contribution is 7.15. The maximum Gasteiger partial charge on any atom is 0.416 e. The first kappa shape index (κ1) is 15.9. The molecule has 114 valence electrons. The minimum Gasteiger partial charge on any atom is -0.312 e. The second-order valence-electron chi connectivity index (χ2n) is 4.71. The number of aryl methyl sites for hydroxylation is 1. The van der Waals surface area contributed by atoms with E-state index in [1.165, 1.54) is 11.3 Å². The number of thiazole rings is 1. The molecule has 0 radical (unpaired) electrons. The summed E-state index contributed by atoms with van der Waals surface area (Å²) in [6, 6.07) is 2.52. The molecule has 0 amide bonds. The molecule has 0 aliphatic carbocycles. The van der Waals surface area contributed by atoms with Crippen LogP contribution in [0.4, 0.5) is 17.6 Å². The highest BCUT2D eigenvalue weighted by atomic mass is 32.1. The van der Waals surface area contributed by atoms with E-state index < -0.39 is 17.6 Å². The van der Waals surface area contributed by atoms with Gasteiger partial charge in [0.25, 0.3) is 0 Å². The van der Waals surface area contributed by atoms with Crippen molar-refractivity contribution >= 4 is 11.3 Å². The standard InChI is InChI=1S/C14H14F4N2S/c1-7(19-3)12-8(2)20-13(21-12)9-4-10(14(16,17)18)6-11(15)5-9/h4-7,19H,1-3H3. The van der Waals surface area contributed by atoms with Crippen molar-refractivity contribution in [3.8, 4) is 10.6 Å². The Balaban J connectivity index is 2.50. The number of hydrogen-bond donors (Lipinski definition) is 1. The third kappa shape index (κ3) is 3.41. The van der Waals surface area contributed by atoms with Gasteiger partial charge in [-0.25, -0.2) is 9.37 Å². The minimum absolute atomic E-state index is 0.0342. The molecule has 1 aromatic heterocycles. The molecule has 1 aromatic carbocycles. The molecule has 0 aliphatic heterocycles. The van der Waals surface area contributed by atoms with Gasteiger partial charge >= 0.3 is 6.18 Å². The summed E-state index contributed by atoms with van der Waals surface area (Å²) >= 11 is 1.27. The highest BCUT2D eigenvalue weighted by Gasteiger charge is 2.31. The first-order valence-corrected chi connectivity index (χ1v) is 7.06. The molecular weight excluding hydrogens is 304 g/mol. The number of nitrogens with zero attached hydrogens (tertiary/aromatic N) is 1. The van der Waals surface area contributed by atoms with Gasteiger partial charge in [0.15, 0.2) is 0 Å². The molecule has 0 aliphatic rings. The third-order valence-electron chi connectivity index (χ3n) is 3.13. The predicted octanol–water partition coefficient (Wildman–Crippen LogP) is 4.56. The Morgan fingerprint density at radius 3 is 2.48 bits per heavy atom. The summed E-state index contributed by atoms with van der Waals surface area (Å²) in [6.07, 6.45) is -4.58. The van der Waals surface area contributed by atoms with Crippen LogP contribution in [-0.2, 0) is 6.18 Å². The second-order valence-corrected chi connectivity index (χ2v) is 5.74. The average Bonchev–Trinajstić information content (AvgIpc) is 2.78. The van der Waals surface area contributed by atoms with Gasteiger partial charge in [0.1, 0.15) is 10.8 Å². The van der Waals surface area contributed by atoms with Gasteiger partial charge in [-0.05, 0) is 39.1 Å². The van der Waals surface area contributed by atoms with E-state index in [0.29, 0.717) is 11.1 Å². The van der Waals surface area contributed by atoms with Crippen LogP contribution in [0.5, 0.6) is 0 Å². The predicted molar refractivity (Wildman–Crippen MR) is 74.7 cm³/mol. The van der Waals surface area contributed by atoms with Crippen molar-refractivity contribution in [3.05, 3.63) is 40.2 Å². The van der Waals surface area contributed by atoms with Gasteiger partial charge in [-0.1, -0.05) is 0 Å². The maximum atomic E-state index is 13.4. The van der Waals surface area contributed by atoms with Crippen LogP contribution in [0.1, 0.15) is 29.1 Å². The fourth-order valence-corrected chi connectivity index (χ4v) is 3.06. The van der Waals surface area contributed by atoms with Gasteiger partial charge in [0.05, 0.1) is 11.3 Å². The first-order valence-electron chi connectivity index (χ1n) is 6.25. The van der Waals surface area contributed by atoms with Crippen LogP contribution in [0.15, 0.2) is 18.2 Å². The molecule has 7 heteroatoms. The van der Waals surface area contributed by atoms with E-state index in [1.54, 1.807) is 14.0 Å². The Kier molecular flexibility index (Phi) is 4.34. The minimum atomic E-state index is -4.58. The molecule has 21 heavy (non-hydrogen) atoms. The molecule has 2 nitrogen and oxygen atoms in total. The summed E-state index contributed by atoms with van der Waals surface area (Å²) in [6.45, 7) is 3.71. The van der Waals surface area contributed by atoms with E-state index in [9.17, 15) is 17.6 Å². The van der Waals surface area contributed by atoms with Gasteiger partial charge in [-0.2, -0.15) is 13.2 Å². The zero-order chi connectivity index (χ0) is 15.8. The summed E-state index contributed by atoms with van der Waals surface area (Å²) in [7, 11) is 1.79. The van der Waals surface area contributed by atoms with Crippen LogP contribution in [0.25, 0.3) is 10.6 Å². The van der Waals surface area contributed by atoms with E-state index in [-0.39, 0.29) is 11.6 Å². The largest absolute Gasteiger partial charge is 0.416 e. The normalized spacial score (nSPS) is 13.5. The summed E-state index contributed by atoms with van der Waals surface area (Å²) in [5.41, 5.74) is -0.131. The van der Waals surface area contributed by atoms with Crippen LogP contribution in [0.2, 0.25) is 0 Å². The van der Waals surface area contributed by atoms with Gasteiger partial charge in [-0.3, -0.25) is 0 Å². The number of alkyl halides is 3. The quantitative estimate of drug-likeness (QED) is 0.839. The lowest BCUT2D eigenvalue weighted by atomic mass is 10.1. The van der Waals surface area contributed by atoms with E-state index in [0.717, 1.165) is 22.7 Å². The molecule has 0 fully saturated rings. The summed E-state index contributed by atoms with van der Waals surface area (Å²) in [4.78, 5) is 5.18. The van der Waals surface area contributed by atoms with Gasteiger partial charge < -0.3 is 5.32 Å². The van der Waals surface area contributed by atoms with Crippen LogP contribution >= 0.6 is 11.3 Å². The van der Waals surface area contributed by atoms with Crippen molar-refractivity contribution < 1.29 is 17.6 Å². The Morgan fingerprint density at radius 1 is 1.24 bits per heavy atom. The molecule has 2 rings (SSSR count). The number of hydrogen-bond acceptors (Lipinski definition) is 3. The number of rotatable bonds is 3. The molecule has 1 heterocycles.